The molecule has 2 aromatic rings. The Kier molecular flexibility index (Phi) is 5.70. The fraction of sp³-hybridized carbons (Fsp3) is 0.375. The van der Waals surface area contributed by atoms with E-state index < -0.39 is 0 Å². The third-order valence-electron chi connectivity index (χ3n) is 3.04. The van der Waals surface area contributed by atoms with Gasteiger partial charge < -0.3 is 19.2 Å². The smallest absolute Gasteiger partial charge is 0.146 e. The Morgan fingerprint density at radius 3 is 2.76 bits per heavy atom. The maximum absolute atomic E-state index is 5.80. The Balaban J connectivity index is 1.98. The number of halogens is 1. The van der Waals surface area contributed by atoms with Crippen LogP contribution in [0.25, 0.3) is 0 Å². The van der Waals surface area contributed by atoms with E-state index in [1.54, 1.807) is 13.4 Å². The summed E-state index contributed by atoms with van der Waals surface area (Å²) in [6.45, 7) is 5.40. The van der Waals surface area contributed by atoms with Crippen molar-refractivity contribution >= 4 is 15.9 Å². The van der Waals surface area contributed by atoms with E-state index in [9.17, 15) is 0 Å². The second-order valence-corrected chi connectivity index (χ2v) is 5.84. The largest absolute Gasteiger partial charge is 0.497 e. The van der Waals surface area contributed by atoms with Crippen LogP contribution in [0.4, 0.5) is 0 Å². The highest BCUT2D eigenvalue weighted by molar-refractivity contribution is 9.10. The van der Waals surface area contributed by atoms with Gasteiger partial charge in [-0.2, -0.15) is 0 Å². The van der Waals surface area contributed by atoms with Crippen LogP contribution in [-0.2, 0) is 13.2 Å². The van der Waals surface area contributed by atoms with Crippen molar-refractivity contribution in [3.05, 3.63) is 46.3 Å². The SMILES string of the molecule is COc1ccc(OCc2occc2CNC(C)C)c(Br)c1. The van der Waals surface area contributed by atoms with Gasteiger partial charge in [0.2, 0.25) is 0 Å². The summed E-state index contributed by atoms with van der Waals surface area (Å²) in [4.78, 5) is 0. The molecule has 0 bridgehead atoms. The third-order valence-corrected chi connectivity index (χ3v) is 3.66. The lowest BCUT2D eigenvalue weighted by molar-refractivity contribution is 0.266. The molecular weight excluding hydrogens is 334 g/mol. The zero-order valence-electron chi connectivity index (χ0n) is 12.5. The van der Waals surface area contributed by atoms with E-state index in [1.165, 1.54) is 0 Å². The van der Waals surface area contributed by atoms with E-state index in [0.29, 0.717) is 12.6 Å². The molecule has 0 fully saturated rings. The first kappa shape index (κ1) is 15.9. The fourth-order valence-corrected chi connectivity index (χ4v) is 2.31. The van der Waals surface area contributed by atoms with Crippen molar-refractivity contribution in [2.24, 2.45) is 0 Å². The molecule has 5 heteroatoms. The molecule has 4 nitrogen and oxygen atoms in total. The van der Waals surface area contributed by atoms with Gasteiger partial charge >= 0.3 is 0 Å². The van der Waals surface area contributed by atoms with Crippen molar-refractivity contribution in [3.63, 3.8) is 0 Å². The third kappa shape index (κ3) is 4.51. The highest BCUT2D eigenvalue weighted by Crippen LogP contribution is 2.30. The summed E-state index contributed by atoms with van der Waals surface area (Å²) in [5, 5.41) is 3.37. The molecule has 0 amide bonds. The molecule has 21 heavy (non-hydrogen) atoms. The van der Waals surface area contributed by atoms with Crippen molar-refractivity contribution in [2.45, 2.75) is 33.0 Å². The van der Waals surface area contributed by atoms with Crippen LogP contribution in [0.1, 0.15) is 25.2 Å². The number of furan rings is 1. The van der Waals surface area contributed by atoms with Gasteiger partial charge in [0, 0.05) is 18.2 Å². The van der Waals surface area contributed by atoms with E-state index in [2.05, 4.69) is 35.1 Å². The Morgan fingerprint density at radius 2 is 2.10 bits per heavy atom. The van der Waals surface area contributed by atoms with Gasteiger partial charge in [-0.05, 0) is 40.2 Å². The standard InChI is InChI=1S/C16H20BrNO3/c1-11(2)18-9-12-6-7-20-16(12)10-21-15-5-4-13(19-3)8-14(15)17/h4-8,11,18H,9-10H2,1-3H3. The highest BCUT2D eigenvalue weighted by Gasteiger charge is 2.09. The average Bonchev–Trinajstić information content (AvgIpc) is 2.91. The van der Waals surface area contributed by atoms with Crippen molar-refractivity contribution in [2.75, 3.05) is 7.11 Å². The number of ether oxygens (including phenoxy) is 2. The van der Waals surface area contributed by atoms with E-state index in [-0.39, 0.29) is 0 Å². The molecule has 1 aromatic heterocycles. The van der Waals surface area contributed by atoms with Crippen LogP contribution >= 0.6 is 15.9 Å². The molecule has 2 rings (SSSR count). The van der Waals surface area contributed by atoms with E-state index in [4.69, 9.17) is 13.9 Å². The minimum Gasteiger partial charge on any atom is -0.497 e. The number of hydrogen-bond donors (Lipinski definition) is 1. The predicted molar refractivity (Wildman–Crippen MR) is 85.7 cm³/mol. The molecule has 1 aromatic carbocycles. The molecule has 0 unspecified atom stereocenters. The van der Waals surface area contributed by atoms with Crippen LogP contribution in [0.15, 0.2) is 39.4 Å². The monoisotopic (exact) mass is 353 g/mol. The van der Waals surface area contributed by atoms with Gasteiger partial charge in [-0.15, -0.1) is 0 Å². The molecule has 0 spiro atoms. The Bertz CT molecular complexity index is 581. The van der Waals surface area contributed by atoms with E-state index >= 15 is 0 Å². The quantitative estimate of drug-likeness (QED) is 0.812. The molecule has 0 aliphatic heterocycles. The maximum atomic E-state index is 5.80. The van der Waals surface area contributed by atoms with E-state index in [1.807, 2.05) is 24.3 Å². The second-order valence-electron chi connectivity index (χ2n) is 4.99. The van der Waals surface area contributed by atoms with Crippen molar-refractivity contribution < 1.29 is 13.9 Å². The number of nitrogens with one attached hydrogen (secondary N) is 1. The van der Waals surface area contributed by atoms with Crippen LogP contribution in [-0.4, -0.2) is 13.2 Å². The minimum atomic E-state index is 0.396. The maximum Gasteiger partial charge on any atom is 0.146 e. The lowest BCUT2D eigenvalue weighted by atomic mass is 10.2. The lowest BCUT2D eigenvalue weighted by Gasteiger charge is -2.10. The summed E-state index contributed by atoms with van der Waals surface area (Å²) in [6.07, 6.45) is 1.69. The molecule has 114 valence electrons. The van der Waals surface area contributed by atoms with E-state index in [0.717, 1.165) is 33.8 Å². The van der Waals surface area contributed by atoms with Gasteiger partial charge in [-0.25, -0.2) is 0 Å². The topological polar surface area (TPSA) is 43.6 Å². The molecule has 0 saturated carbocycles. The van der Waals surface area contributed by atoms with Crippen LogP contribution in [0.3, 0.4) is 0 Å². The molecule has 0 radical (unpaired) electrons. The molecule has 0 aliphatic rings. The molecule has 0 atom stereocenters. The zero-order valence-corrected chi connectivity index (χ0v) is 14.1. The second kappa shape index (κ2) is 7.52. The summed E-state index contributed by atoms with van der Waals surface area (Å²) >= 11 is 3.47. The van der Waals surface area contributed by atoms with Crippen molar-refractivity contribution in [1.82, 2.24) is 5.32 Å². The molecular formula is C16H20BrNO3. The zero-order chi connectivity index (χ0) is 15.2. The molecule has 1 N–H and O–H groups in total. The Hall–Kier alpha value is -1.46. The molecule has 1 heterocycles. The van der Waals surface area contributed by atoms with Crippen LogP contribution in [0, 0.1) is 0 Å². The van der Waals surface area contributed by atoms with Gasteiger partial charge in [0.05, 0.1) is 17.8 Å². The number of benzene rings is 1. The predicted octanol–water partition coefficient (Wildman–Crippen LogP) is 4.13. The van der Waals surface area contributed by atoms with Crippen LogP contribution < -0.4 is 14.8 Å². The first-order valence-corrected chi connectivity index (χ1v) is 7.64. The number of rotatable bonds is 7. The van der Waals surface area contributed by atoms with Crippen LogP contribution in [0.2, 0.25) is 0 Å². The van der Waals surface area contributed by atoms with Gasteiger partial charge in [0.15, 0.2) is 0 Å². The van der Waals surface area contributed by atoms with Gasteiger partial charge in [0.1, 0.15) is 23.9 Å². The Morgan fingerprint density at radius 1 is 1.29 bits per heavy atom. The summed E-state index contributed by atoms with van der Waals surface area (Å²) in [5.74, 6) is 2.38. The summed E-state index contributed by atoms with van der Waals surface area (Å²) in [7, 11) is 1.64. The minimum absolute atomic E-state index is 0.396. The highest BCUT2D eigenvalue weighted by atomic mass is 79.9. The summed E-state index contributed by atoms with van der Waals surface area (Å²) in [6, 6.07) is 8.02. The van der Waals surface area contributed by atoms with Gasteiger partial charge in [-0.3, -0.25) is 0 Å². The average molecular weight is 354 g/mol. The first-order chi connectivity index (χ1) is 10.1. The van der Waals surface area contributed by atoms with Crippen LogP contribution in [0.5, 0.6) is 11.5 Å². The van der Waals surface area contributed by atoms with Crippen molar-refractivity contribution in [1.29, 1.82) is 0 Å². The first-order valence-electron chi connectivity index (χ1n) is 6.85. The molecule has 0 saturated heterocycles. The van der Waals surface area contributed by atoms with Gasteiger partial charge in [-0.1, -0.05) is 13.8 Å². The fourth-order valence-electron chi connectivity index (χ4n) is 1.83. The normalized spacial score (nSPS) is 10.9. The number of methoxy groups -OCH3 is 1. The van der Waals surface area contributed by atoms with Gasteiger partial charge in [0.25, 0.3) is 0 Å². The lowest BCUT2D eigenvalue weighted by Crippen LogP contribution is -2.22. The molecule has 0 aliphatic carbocycles. The van der Waals surface area contributed by atoms with Crippen molar-refractivity contribution in [3.8, 4) is 11.5 Å². The number of hydrogen-bond acceptors (Lipinski definition) is 4. The summed E-state index contributed by atoms with van der Waals surface area (Å²) < 4.78 is 17.3. The summed E-state index contributed by atoms with van der Waals surface area (Å²) in [5.41, 5.74) is 1.12. The Labute approximate surface area is 133 Å².